The lowest BCUT2D eigenvalue weighted by molar-refractivity contribution is 0.692. The molecule has 1 aromatic heterocycles. The van der Waals surface area contributed by atoms with Crippen LogP contribution in [-0.4, -0.2) is 17.0 Å². The zero-order valence-electron chi connectivity index (χ0n) is 10.6. The molecule has 3 N–H and O–H groups in total. The molecule has 4 heteroatoms. The molecule has 0 aliphatic heterocycles. The van der Waals surface area contributed by atoms with Crippen LogP contribution in [0.4, 0.5) is 0 Å². The molecule has 0 radical (unpaired) electrons. The van der Waals surface area contributed by atoms with Crippen molar-refractivity contribution in [3.63, 3.8) is 0 Å². The molecule has 0 fully saturated rings. The first-order valence-corrected chi connectivity index (χ1v) is 6.22. The second-order valence-electron chi connectivity index (χ2n) is 4.52. The van der Waals surface area contributed by atoms with E-state index in [9.17, 15) is 4.79 Å². The Balaban J connectivity index is 2.08. The molecule has 1 atom stereocenters. The maximum atomic E-state index is 11.3. The predicted molar refractivity (Wildman–Crippen MR) is 76.3 cm³/mol. The van der Waals surface area contributed by atoms with E-state index < -0.39 is 0 Å². The minimum atomic E-state index is -0.173. The van der Waals surface area contributed by atoms with Crippen LogP contribution in [0.3, 0.4) is 0 Å². The maximum Gasteiger partial charge on any atom is 0.323 e. The molecule has 0 aliphatic carbocycles. The van der Waals surface area contributed by atoms with E-state index in [0.717, 1.165) is 16.6 Å². The number of aromatic nitrogens is 2. The zero-order valence-corrected chi connectivity index (χ0v) is 10.6. The van der Waals surface area contributed by atoms with Gasteiger partial charge in [0.25, 0.3) is 0 Å². The molecule has 0 amide bonds. The molecule has 3 rings (SSSR count). The topological polar surface area (TPSA) is 60.7 Å². The summed E-state index contributed by atoms with van der Waals surface area (Å²) in [6.07, 6.45) is 0. The van der Waals surface area contributed by atoms with Crippen molar-refractivity contribution in [1.29, 1.82) is 0 Å². The third kappa shape index (κ3) is 2.18. The minimum absolute atomic E-state index is 0.115. The quantitative estimate of drug-likeness (QED) is 0.670. The number of rotatable bonds is 3. The van der Waals surface area contributed by atoms with Crippen molar-refractivity contribution in [2.24, 2.45) is 0 Å². The van der Waals surface area contributed by atoms with Gasteiger partial charge in [-0.1, -0.05) is 36.4 Å². The summed E-state index contributed by atoms with van der Waals surface area (Å²) < 4.78 is 0. The number of hydrogen-bond acceptors (Lipinski definition) is 2. The lowest BCUT2D eigenvalue weighted by atomic mass is 9.98. The first kappa shape index (κ1) is 11.7. The van der Waals surface area contributed by atoms with Gasteiger partial charge in [-0.2, -0.15) is 0 Å². The molecule has 0 spiro atoms. The van der Waals surface area contributed by atoms with E-state index in [1.54, 1.807) is 0 Å². The van der Waals surface area contributed by atoms with Gasteiger partial charge in [-0.3, -0.25) is 0 Å². The third-order valence-corrected chi connectivity index (χ3v) is 3.29. The standard InChI is InChI=1S/C15H15N3O/c1-16-14(10-5-3-2-4-6-10)11-7-8-12-13(9-11)18-15(19)17-12/h2-9,14,16H,1H3,(H2,17,18,19). The van der Waals surface area contributed by atoms with Crippen molar-refractivity contribution in [2.45, 2.75) is 6.04 Å². The van der Waals surface area contributed by atoms with Gasteiger partial charge in [0.15, 0.2) is 0 Å². The molecule has 0 saturated carbocycles. The Bertz CT molecular complexity index is 743. The highest BCUT2D eigenvalue weighted by atomic mass is 16.1. The first-order chi connectivity index (χ1) is 9.28. The maximum absolute atomic E-state index is 11.3. The number of H-pyrrole nitrogens is 2. The van der Waals surface area contributed by atoms with Gasteiger partial charge in [0.05, 0.1) is 17.1 Å². The van der Waals surface area contributed by atoms with Crippen molar-refractivity contribution in [3.8, 4) is 0 Å². The Kier molecular flexibility index (Phi) is 2.93. The smallest absolute Gasteiger partial charge is 0.309 e. The fourth-order valence-corrected chi connectivity index (χ4v) is 2.40. The Morgan fingerprint density at radius 3 is 2.42 bits per heavy atom. The number of fused-ring (bicyclic) bond motifs is 1. The van der Waals surface area contributed by atoms with E-state index in [-0.39, 0.29) is 11.7 Å². The summed E-state index contributed by atoms with van der Waals surface area (Å²) in [4.78, 5) is 16.8. The molecule has 19 heavy (non-hydrogen) atoms. The minimum Gasteiger partial charge on any atom is -0.309 e. The van der Waals surface area contributed by atoms with Gasteiger partial charge >= 0.3 is 5.69 Å². The Hall–Kier alpha value is -2.33. The fraction of sp³-hybridized carbons (Fsp3) is 0.133. The molecule has 96 valence electrons. The van der Waals surface area contributed by atoms with Gasteiger partial charge in [0.1, 0.15) is 0 Å². The molecule has 0 saturated heterocycles. The predicted octanol–water partition coefficient (Wildman–Crippen LogP) is 2.17. The fourth-order valence-electron chi connectivity index (χ4n) is 2.40. The van der Waals surface area contributed by atoms with E-state index in [2.05, 4.69) is 27.4 Å². The van der Waals surface area contributed by atoms with E-state index >= 15 is 0 Å². The van der Waals surface area contributed by atoms with Gasteiger partial charge < -0.3 is 15.3 Å². The number of benzene rings is 2. The highest BCUT2D eigenvalue weighted by molar-refractivity contribution is 5.75. The van der Waals surface area contributed by atoms with E-state index in [1.807, 2.05) is 43.4 Å². The van der Waals surface area contributed by atoms with Crippen LogP contribution in [0.15, 0.2) is 53.3 Å². The van der Waals surface area contributed by atoms with Gasteiger partial charge in [-0.25, -0.2) is 4.79 Å². The summed E-state index contributed by atoms with van der Waals surface area (Å²) in [6.45, 7) is 0. The molecule has 2 aromatic carbocycles. The summed E-state index contributed by atoms with van der Waals surface area (Å²) in [5.41, 5.74) is 3.81. The molecule has 4 nitrogen and oxygen atoms in total. The highest BCUT2D eigenvalue weighted by Gasteiger charge is 2.12. The van der Waals surface area contributed by atoms with Gasteiger partial charge in [-0.05, 0) is 30.3 Å². The monoisotopic (exact) mass is 253 g/mol. The zero-order chi connectivity index (χ0) is 13.2. The molecular formula is C15H15N3O. The molecule has 1 unspecified atom stereocenters. The second-order valence-corrected chi connectivity index (χ2v) is 4.52. The van der Waals surface area contributed by atoms with Crippen LogP contribution in [0.5, 0.6) is 0 Å². The van der Waals surface area contributed by atoms with Crippen LogP contribution in [0.2, 0.25) is 0 Å². The summed E-state index contributed by atoms with van der Waals surface area (Å²) in [7, 11) is 1.93. The Morgan fingerprint density at radius 2 is 1.68 bits per heavy atom. The number of nitrogens with one attached hydrogen (secondary N) is 3. The highest BCUT2D eigenvalue weighted by Crippen LogP contribution is 2.23. The van der Waals surface area contributed by atoms with E-state index in [0.29, 0.717) is 0 Å². The first-order valence-electron chi connectivity index (χ1n) is 6.22. The van der Waals surface area contributed by atoms with Crippen molar-refractivity contribution in [3.05, 3.63) is 70.1 Å². The summed E-state index contributed by atoms with van der Waals surface area (Å²) >= 11 is 0. The van der Waals surface area contributed by atoms with Crippen molar-refractivity contribution in [1.82, 2.24) is 15.3 Å². The van der Waals surface area contributed by atoms with E-state index in [4.69, 9.17) is 0 Å². The van der Waals surface area contributed by atoms with Crippen LogP contribution in [-0.2, 0) is 0 Å². The van der Waals surface area contributed by atoms with Gasteiger partial charge in [0.2, 0.25) is 0 Å². The van der Waals surface area contributed by atoms with Crippen molar-refractivity contribution < 1.29 is 0 Å². The van der Waals surface area contributed by atoms with Gasteiger partial charge in [0, 0.05) is 0 Å². The SMILES string of the molecule is CNC(c1ccccc1)c1ccc2[nH]c(=O)[nH]c2c1. The Labute approximate surface area is 110 Å². The van der Waals surface area contributed by atoms with Crippen LogP contribution in [0.25, 0.3) is 11.0 Å². The molecule has 0 bridgehead atoms. The Morgan fingerprint density at radius 1 is 0.947 bits per heavy atom. The van der Waals surface area contributed by atoms with Gasteiger partial charge in [-0.15, -0.1) is 0 Å². The average Bonchev–Trinajstić information content (AvgIpc) is 2.80. The largest absolute Gasteiger partial charge is 0.323 e. The summed E-state index contributed by atoms with van der Waals surface area (Å²) in [5, 5.41) is 3.30. The van der Waals surface area contributed by atoms with E-state index in [1.165, 1.54) is 5.56 Å². The van der Waals surface area contributed by atoms with Crippen molar-refractivity contribution in [2.75, 3.05) is 7.05 Å². The van der Waals surface area contributed by atoms with Crippen LogP contribution in [0.1, 0.15) is 17.2 Å². The summed E-state index contributed by atoms with van der Waals surface area (Å²) in [6, 6.07) is 16.3. The summed E-state index contributed by atoms with van der Waals surface area (Å²) in [5.74, 6) is 0. The third-order valence-electron chi connectivity index (χ3n) is 3.29. The van der Waals surface area contributed by atoms with Crippen LogP contribution in [0, 0.1) is 0 Å². The molecule has 3 aromatic rings. The lowest BCUT2D eigenvalue weighted by Crippen LogP contribution is -2.17. The molecular weight excluding hydrogens is 238 g/mol. The van der Waals surface area contributed by atoms with Crippen LogP contribution < -0.4 is 11.0 Å². The number of aromatic amines is 2. The molecule has 1 heterocycles. The number of hydrogen-bond donors (Lipinski definition) is 3. The molecule has 0 aliphatic rings. The van der Waals surface area contributed by atoms with Crippen molar-refractivity contribution >= 4 is 11.0 Å². The average molecular weight is 253 g/mol. The normalized spacial score (nSPS) is 12.7. The number of imidazole rings is 1. The lowest BCUT2D eigenvalue weighted by Gasteiger charge is -2.17. The second kappa shape index (κ2) is 4.74. The van der Waals surface area contributed by atoms with Crippen LogP contribution >= 0.6 is 0 Å².